The summed E-state index contributed by atoms with van der Waals surface area (Å²) >= 11 is 5.52. The molecule has 0 aromatic carbocycles. The third-order valence-electron chi connectivity index (χ3n) is 2.36. The normalized spacial score (nSPS) is 27.2. The van der Waals surface area contributed by atoms with E-state index in [-0.39, 0.29) is 17.9 Å². The molecular formula is C9H15ClN2O. The Kier molecular flexibility index (Phi) is 3.75. The number of rotatable bonds is 3. The van der Waals surface area contributed by atoms with Crippen molar-refractivity contribution < 1.29 is 4.79 Å². The number of carbonyl (C=O) groups excluding carboxylic acids is 1. The summed E-state index contributed by atoms with van der Waals surface area (Å²) in [4.78, 5) is 11.5. The van der Waals surface area contributed by atoms with Gasteiger partial charge in [-0.1, -0.05) is 24.6 Å². The molecule has 1 aliphatic rings. The summed E-state index contributed by atoms with van der Waals surface area (Å²) in [6.07, 6.45) is 2.88. The Balaban J connectivity index is 2.34. The van der Waals surface area contributed by atoms with Crippen LogP contribution in [-0.4, -0.2) is 18.5 Å². The van der Waals surface area contributed by atoms with Crippen LogP contribution in [0.15, 0.2) is 11.6 Å². The molecule has 74 valence electrons. The molecule has 0 heterocycles. The van der Waals surface area contributed by atoms with E-state index in [0.717, 1.165) is 19.3 Å². The van der Waals surface area contributed by atoms with E-state index in [2.05, 4.69) is 11.9 Å². The molecular weight excluding hydrogens is 188 g/mol. The summed E-state index contributed by atoms with van der Waals surface area (Å²) in [5.74, 6) is -0.0252. The number of nitrogens with one attached hydrogen (secondary N) is 1. The van der Waals surface area contributed by atoms with Crippen LogP contribution in [0.3, 0.4) is 0 Å². The molecule has 0 bridgehead atoms. The molecule has 0 radical (unpaired) electrons. The van der Waals surface area contributed by atoms with Crippen LogP contribution in [0.5, 0.6) is 0 Å². The van der Waals surface area contributed by atoms with Crippen molar-refractivity contribution in [2.45, 2.75) is 25.3 Å². The molecule has 4 heteroatoms. The summed E-state index contributed by atoms with van der Waals surface area (Å²) in [6.45, 7) is 3.83. The highest BCUT2D eigenvalue weighted by Crippen LogP contribution is 2.23. The van der Waals surface area contributed by atoms with Crippen molar-refractivity contribution in [2.75, 3.05) is 6.54 Å². The van der Waals surface area contributed by atoms with Gasteiger partial charge in [-0.3, -0.25) is 4.79 Å². The number of nitrogens with two attached hydrogens (primary N) is 1. The molecule has 0 spiro atoms. The summed E-state index contributed by atoms with van der Waals surface area (Å²) in [6, 6.07) is 0.0172. The second-order valence-electron chi connectivity index (χ2n) is 3.44. The van der Waals surface area contributed by atoms with E-state index in [1.54, 1.807) is 0 Å². The van der Waals surface area contributed by atoms with Gasteiger partial charge in [0.05, 0.1) is 12.5 Å². The number of hydrogen-bond acceptors (Lipinski definition) is 2. The van der Waals surface area contributed by atoms with Crippen LogP contribution in [0.2, 0.25) is 0 Å². The predicted molar refractivity (Wildman–Crippen MR) is 53.3 cm³/mol. The topological polar surface area (TPSA) is 55.1 Å². The maximum atomic E-state index is 11.5. The molecule has 2 atom stereocenters. The largest absolute Gasteiger partial charge is 0.351 e. The molecule has 0 aromatic rings. The number of carbonyl (C=O) groups is 1. The molecule has 1 saturated carbocycles. The Hall–Kier alpha value is -0.540. The Labute approximate surface area is 83.3 Å². The van der Waals surface area contributed by atoms with E-state index in [1.807, 2.05) is 0 Å². The van der Waals surface area contributed by atoms with Crippen molar-refractivity contribution in [2.24, 2.45) is 11.7 Å². The van der Waals surface area contributed by atoms with E-state index in [1.165, 1.54) is 0 Å². The van der Waals surface area contributed by atoms with Crippen molar-refractivity contribution in [3.8, 4) is 0 Å². The second kappa shape index (κ2) is 4.63. The van der Waals surface area contributed by atoms with Gasteiger partial charge in [-0.05, 0) is 12.8 Å². The Morgan fingerprint density at radius 3 is 2.77 bits per heavy atom. The van der Waals surface area contributed by atoms with Gasteiger partial charge in [-0.15, -0.1) is 0 Å². The fraction of sp³-hybridized carbons (Fsp3) is 0.667. The molecule has 1 fully saturated rings. The van der Waals surface area contributed by atoms with E-state index < -0.39 is 0 Å². The SMILES string of the molecule is C=C(Cl)CNC(=O)C1CCCC1N. The summed E-state index contributed by atoms with van der Waals surface area (Å²) < 4.78 is 0. The van der Waals surface area contributed by atoms with Crippen molar-refractivity contribution >= 4 is 17.5 Å². The van der Waals surface area contributed by atoms with Gasteiger partial charge in [0.15, 0.2) is 0 Å². The Morgan fingerprint density at radius 1 is 1.62 bits per heavy atom. The minimum Gasteiger partial charge on any atom is -0.351 e. The highest BCUT2D eigenvalue weighted by Gasteiger charge is 2.29. The monoisotopic (exact) mass is 202 g/mol. The molecule has 13 heavy (non-hydrogen) atoms. The van der Waals surface area contributed by atoms with Crippen LogP contribution in [0.4, 0.5) is 0 Å². The highest BCUT2D eigenvalue weighted by molar-refractivity contribution is 6.29. The lowest BCUT2D eigenvalue weighted by Gasteiger charge is -2.14. The average molecular weight is 203 g/mol. The first kappa shape index (κ1) is 10.5. The van der Waals surface area contributed by atoms with Gasteiger partial charge in [0.1, 0.15) is 0 Å². The van der Waals surface area contributed by atoms with E-state index in [9.17, 15) is 4.79 Å². The lowest BCUT2D eigenvalue weighted by molar-refractivity contribution is -0.124. The Bertz CT molecular complexity index is 218. The first-order valence-corrected chi connectivity index (χ1v) is 4.85. The average Bonchev–Trinajstić information content (AvgIpc) is 2.47. The smallest absolute Gasteiger partial charge is 0.224 e. The molecule has 3 N–H and O–H groups in total. The number of amides is 1. The van der Waals surface area contributed by atoms with Gasteiger partial charge >= 0.3 is 0 Å². The number of hydrogen-bond donors (Lipinski definition) is 2. The second-order valence-corrected chi connectivity index (χ2v) is 3.97. The zero-order valence-corrected chi connectivity index (χ0v) is 8.31. The van der Waals surface area contributed by atoms with Crippen LogP contribution in [0.1, 0.15) is 19.3 Å². The van der Waals surface area contributed by atoms with Gasteiger partial charge in [-0.2, -0.15) is 0 Å². The van der Waals surface area contributed by atoms with Crippen molar-refractivity contribution in [3.05, 3.63) is 11.6 Å². The molecule has 0 saturated heterocycles. The van der Waals surface area contributed by atoms with Crippen LogP contribution in [0, 0.1) is 5.92 Å². The van der Waals surface area contributed by atoms with Crippen molar-refractivity contribution in [3.63, 3.8) is 0 Å². The third kappa shape index (κ3) is 3.01. The van der Waals surface area contributed by atoms with Gasteiger partial charge in [0, 0.05) is 11.1 Å². The minimum atomic E-state index is -0.0315. The quantitative estimate of drug-likeness (QED) is 0.717. The van der Waals surface area contributed by atoms with Crippen LogP contribution in [-0.2, 0) is 4.79 Å². The lowest BCUT2D eigenvalue weighted by atomic mass is 10.0. The minimum absolute atomic E-state index is 0.00630. The first-order chi connectivity index (χ1) is 6.11. The lowest BCUT2D eigenvalue weighted by Crippen LogP contribution is -2.38. The first-order valence-electron chi connectivity index (χ1n) is 4.48. The zero-order chi connectivity index (χ0) is 9.84. The Morgan fingerprint density at radius 2 is 2.31 bits per heavy atom. The summed E-state index contributed by atoms with van der Waals surface area (Å²) in [5, 5.41) is 3.15. The fourth-order valence-corrected chi connectivity index (χ4v) is 1.70. The molecule has 1 amide bonds. The molecule has 2 unspecified atom stereocenters. The fourth-order valence-electron chi connectivity index (χ4n) is 1.63. The van der Waals surface area contributed by atoms with Crippen molar-refractivity contribution in [1.29, 1.82) is 0 Å². The maximum absolute atomic E-state index is 11.5. The van der Waals surface area contributed by atoms with Crippen LogP contribution in [0.25, 0.3) is 0 Å². The van der Waals surface area contributed by atoms with E-state index >= 15 is 0 Å². The van der Waals surface area contributed by atoms with Gasteiger partial charge in [0.25, 0.3) is 0 Å². The van der Waals surface area contributed by atoms with Crippen LogP contribution < -0.4 is 11.1 Å². The molecule has 0 aliphatic heterocycles. The molecule has 3 nitrogen and oxygen atoms in total. The molecule has 1 rings (SSSR count). The third-order valence-corrected chi connectivity index (χ3v) is 2.49. The van der Waals surface area contributed by atoms with Crippen LogP contribution >= 0.6 is 11.6 Å². The highest BCUT2D eigenvalue weighted by atomic mass is 35.5. The van der Waals surface area contributed by atoms with Gasteiger partial charge < -0.3 is 11.1 Å². The predicted octanol–water partition coefficient (Wildman–Crippen LogP) is 0.982. The summed E-state index contributed by atoms with van der Waals surface area (Å²) in [5.41, 5.74) is 5.77. The van der Waals surface area contributed by atoms with E-state index in [4.69, 9.17) is 17.3 Å². The standard InChI is InChI=1S/C9H15ClN2O/c1-6(10)5-12-9(13)7-3-2-4-8(7)11/h7-8H,1-5,11H2,(H,12,13). The van der Waals surface area contributed by atoms with E-state index in [0.29, 0.717) is 11.6 Å². The zero-order valence-electron chi connectivity index (χ0n) is 7.55. The van der Waals surface area contributed by atoms with Gasteiger partial charge in [-0.25, -0.2) is 0 Å². The summed E-state index contributed by atoms with van der Waals surface area (Å²) in [7, 11) is 0. The maximum Gasteiger partial charge on any atom is 0.224 e. The molecule has 0 aromatic heterocycles. The number of halogens is 1. The molecule has 1 aliphatic carbocycles. The van der Waals surface area contributed by atoms with Gasteiger partial charge in [0.2, 0.25) is 5.91 Å². The van der Waals surface area contributed by atoms with Crippen molar-refractivity contribution in [1.82, 2.24) is 5.32 Å².